The van der Waals surface area contributed by atoms with Crippen molar-refractivity contribution < 1.29 is 27.8 Å². The Morgan fingerprint density at radius 2 is 1.65 bits per heavy atom. The highest BCUT2D eigenvalue weighted by molar-refractivity contribution is 5.95. The van der Waals surface area contributed by atoms with E-state index in [0.29, 0.717) is 56.4 Å². The Morgan fingerprint density at radius 3 is 2.27 bits per heavy atom. The van der Waals surface area contributed by atoms with E-state index in [1.54, 1.807) is 11.1 Å². The molecule has 40 heavy (non-hydrogen) atoms. The molecule has 1 saturated carbocycles. The maximum absolute atomic E-state index is 13.9. The number of rotatable bonds is 8. The Labute approximate surface area is 234 Å². The van der Waals surface area contributed by atoms with Gasteiger partial charge >= 0.3 is 6.18 Å². The molecule has 3 aliphatic rings. The van der Waals surface area contributed by atoms with Gasteiger partial charge in [-0.15, -0.1) is 0 Å². The monoisotopic (exact) mass is 559 g/mol. The van der Waals surface area contributed by atoms with E-state index in [9.17, 15) is 23.1 Å². The molecule has 1 amide bonds. The summed E-state index contributed by atoms with van der Waals surface area (Å²) in [6, 6.07) is 11.1. The van der Waals surface area contributed by atoms with Gasteiger partial charge in [-0.2, -0.15) is 13.2 Å². The van der Waals surface area contributed by atoms with E-state index in [4.69, 9.17) is 4.74 Å². The zero-order valence-electron chi connectivity index (χ0n) is 23.0. The number of amides is 1. The molecular formula is C31H40F3N3O3. The van der Waals surface area contributed by atoms with Gasteiger partial charge in [0.05, 0.1) is 24.7 Å². The molecule has 0 radical (unpaired) electrons. The Bertz CT molecular complexity index is 1110. The Hall–Kier alpha value is -2.65. The number of hydrogen-bond acceptors (Lipinski definition) is 5. The van der Waals surface area contributed by atoms with Crippen LogP contribution < -0.4 is 4.74 Å². The van der Waals surface area contributed by atoms with Crippen molar-refractivity contribution in [2.45, 2.75) is 70.0 Å². The van der Waals surface area contributed by atoms with Crippen molar-refractivity contribution in [3.63, 3.8) is 0 Å². The first-order valence-corrected chi connectivity index (χ1v) is 14.7. The van der Waals surface area contributed by atoms with Crippen LogP contribution in [-0.4, -0.2) is 77.4 Å². The second-order valence-electron chi connectivity index (χ2n) is 11.8. The van der Waals surface area contributed by atoms with Gasteiger partial charge in [0.2, 0.25) is 5.88 Å². The van der Waals surface area contributed by atoms with Crippen LogP contribution in [0.2, 0.25) is 0 Å². The number of halogens is 3. The average molecular weight is 560 g/mol. The molecule has 2 saturated heterocycles. The van der Waals surface area contributed by atoms with Crippen molar-refractivity contribution in [2.24, 2.45) is 11.3 Å². The molecule has 0 spiro atoms. The average Bonchev–Trinajstić information content (AvgIpc) is 3.46. The molecule has 3 fully saturated rings. The molecule has 9 heteroatoms. The number of ether oxygens (including phenoxy) is 1. The summed E-state index contributed by atoms with van der Waals surface area (Å²) >= 11 is 0. The van der Waals surface area contributed by atoms with Crippen LogP contribution in [0.5, 0.6) is 5.88 Å². The van der Waals surface area contributed by atoms with Gasteiger partial charge < -0.3 is 19.6 Å². The first kappa shape index (κ1) is 28.9. The Kier molecular flexibility index (Phi) is 9.00. The van der Waals surface area contributed by atoms with Gasteiger partial charge in [0.25, 0.3) is 5.91 Å². The standard InChI is InChI=1S/C31H40F3N3O3/c32-31(33,34)30(14-2-1-3-15-30)22-36-17-12-23(13-18-36)21-40-28-11-10-26(19-35-28)24-6-8-25(9-7-24)29(39)37-16-4-5-27(37)20-38/h6-11,19,23,27,38H,1-5,12-18,20-22H2. The maximum Gasteiger partial charge on any atom is 0.395 e. The molecule has 1 N–H and O–H groups in total. The van der Waals surface area contributed by atoms with Crippen LogP contribution >= 0.6 is 0 Å². The molecule has 1 atom stereocenters. The van der Waals surface area contributed by atoms with Crippen LogP contribution in [0.3, 0.4) is 0 Å². The number of aliphatic hydroxyl groups is 1. The summed E-state index contributed by atoms with van der Waals surface area (Å²) in [5.41, 5.74) is 0.927. The summed E-state index contributed by atoms with van der Waals surface area (Å²) in [7, 11) is 0. The Morgan fingerprint density at radius 1 is 0.950 bits per heavy atom. The third kappa shape index (κ3) is 6.46. The molecule has 3 heterocycles. The van der Waals surface area contributed by atoms with Gasteiger partial charge in [-0.3, -0.25) is 4.79 Å². The predicted octanol–water partition coefficient (Wildman–Crippen LogP) is 5.95. The molecule has 0 bridgehead atoms. The Balaban J connectivity index is 1.09. The highest BCUT2D eigenvalue weighted by Gasteiger charge is 2.55. The van der Waals surface area contributed by atoms with Gasteiger partial charge in [-0.05, 0) is 81.3 Å². The van der Waals surface area contributed by atoms with Crippen molar-refractivity contribution in [3.8, 4) is 17.0 Å². The molecule has 5 rings (SSSR count). The molecule has 1 aromatic heterocycles. The lowest BCUT2D eigenvalue weighted by molar-refractivity contribution is -0.240. The SMILES string of the molecule is O=C(c1ccc(-c2ccc(OCC3CCN(CC4(C(F)(F)F)CCCCC4)CC3)nc2)cc1)N1CCCC1CO. The van der Waals surface area contributed by atoms with E-state index in [1.165, 1.54) is 0 Å². The smallest absolute Gasteiger partial charge is 0.395 e. The van der Waals surface area contributed by atoms with Gasteiger partial charge in [-0.1, -0.05) is 31.4 Å². The van der Waals surface area contributed by atoms with E-state index in [0.717, 1.165) is 43.2 Å². The minimum Gasteiger partial charge on any atom is -0.477 e. The number of carbonyl (C=O) groups is 1. The lowest BCUT2D eigenvalue weighted by Crippen LogP contribution is -2.50. The fraction of sp³-hybridized carbons (Fsp3) is 0.613. The van der Waals surface area contributed by atoms with Crippen LogP contribution in [0.25, 0.3) is 11.1 Å². The first-order valence-electron chi connectivity index (χ1n) is 14.7. The minimum atomic E-state index is -4.14. The number of nitrogens with zero attached hydrogens (tertiary/aromatic N) is 3. The summed E-state index contributed by atoms with van der Waals surface area (Å²) in [6.07, 6.45) is 3.78. The summed E-state index contributed by atoms with van der Waals surface area (Å²) in [5.74, 6) is 0.780. The van der Waals surface area contributed by atoms with Gasteiger partial charge in [-0.25, -0.2) is 4.98 Å². The number of aromatic nitrogens is 1. The van der Waals surface area contributed by atoms with Gasteiger partial charge in [0.1, 0.15) is 0 Å². The maximum atomic E-state index is 13.9. The minimum absolute atomic E-state index is 0.00824. The molecule has 6 nitrogen and oxygen atoms in total. The third-order valence-electron chi connectivity index (χ3n) is 9.16. The largest absolute Gasteiger partial charge is 0.477 e. The van der Waals surface area contributed by atoms with Crippen LogP contribution in [0, 0.1) is 11.3 Å². The van der Waals surface area contributed by atoms with Crippen LogP contribution in [0.15, 0.2) is 42.6 Å². The fourth-order valence-corrected chi connectivity index (χ4v) is 6.60. The number of carbonyl (C=O) groups excluding carboxylic acids is 1. The highest BCUT2D eigenvalue weighted by atomic mass is 19.4. The molecular weight excluding hydrogens is 519 g/mol. The van der Waals surface area contributed by atoms with E-state index in [2.05, 4.69) is 4.98 Å². The normalized spacial score (nSPS) is 22.4. The highest BCUT2D eigenvalue weighted by Crippen LogP contribution is 2.49. The number of likely N-dealkylation sites (tertiary alicyclic amines) is 2. The zero-order valence-corrected chi connectivity index (χ0v) is 23.0. The predicted molar refractivity (Wildman–Crippen MR) is 147 cm³/mol. The van der Waals surface area contributed by atoms with E-state index >= 15 is 0 Å². The summed E-state index contributed by atoms with van der Waals surface area (Å²) in [4.78, 5) is 21.0. The number of piperidine rings is 1. The number of alkyl halides is 3. The molecule has 2 aliphatic heterocycles. The zero-order chi connectivity index (χ0) is 28.2. The van der Waals surface area contributed by atoms with E-state index in [1.807, 2.05) is 41.3 Å². The topological polar surface area (TPSA) is 65.9 Å². The second-order valence-corrected chi connectivity index (χ2v) is 11.8. The first-order chi connectivity index (χ1) is 19.3. The van der Waals surface area contributed by atoms with Crippen molar-refractivity contribution in [1.82, 2.24) is 14.8 Å². The lowest BCUT2D eigenvalue weighted by atomic mass is 9.72. The van der Waals surface area contributed by atoms with Crippen LogP contribution in [0.1, 0.15) is 68.1 Å². The molecule has 1 aromatic carbocycles. The quantitative estimate of drug-likeness (QED) is 0.433. The van der Waals surface area contributed by atoms with E-state index in [-0.39, 0.29) is 37.9 Å². The second kappa shape index (κ2) is 12.5. The molecule has 218 valence electrons. The van der Waals surface area contributed by atoms with Crippen molar-refractivity contribution in [3.05, 3.63) is 48.2 Å². The van der Waals surface area contributed by atoms with Crippen molar-refractivity contribution in [2.75, 3.05) is 39.4 Å². The van der Waals surface area contributed by atoms with E-state index < -0.39 is 11.6 Å². The van der Waals surface area contributed by atoms with Crippen molar-refractivity contribution in [1.29, 1.82) is 0 Å². The molecule has 2 aromatic rings. The number of hydrogen-bond donors (Lipinski definition) is 1. The van der Waals surface area contributed by atoms with Crippen LogP contribution in [-0.2, 0) is 0 Å². The van der Waals surface area contributed by atoms with Crippen LogP contribution in [0.4, 0.5) is 13.2 Å². The molecule has 1 aliphatic carbocycles. The number of pyridine rings is 1. The summed E-state index contributed by atoms with van der Waals surface area (Å²) < 4.78 is 47.7. The van der Waals surface area contributed by atoms with Crippen molar-refractivity contribution >= 4 is 5.91 Å². The van der Waals surface area contributed by atoms with Gasteiger partial charge in [0.15, 0.2) is 0 Å². The summed E-state index contributed by atoms with van der Waals surface area (Å²) in [6.45, 7) is 2.65. The number of aliphatic hydroxyl groups excluding tert-OH is 1. The fourth-order valence-electron chi connectivity index (χ4n) is 6.60. The third-order valence-corrected chi connectivity index (χ3v) is 9.16. The summed E-state index contributed by atoms with van der Waals surface area (Å²) in [5, 5.41) is 9.51. The molecule has 1 unspecified atom stereocenters. The van der Waals surface area contributed by atoms with Gasteiger partial charge in [0, 0.05) is 36.5 Å². The lowest BCUT2D eigenvalue weighted by Gasteiger charge is -2.44. The number of benzene rings is 1.